The standard InChI is InChI=1S/C10H12FN.CH5N/c1-12-5-4-8-2-3-10(11)6-9(8)7-12;1-2/h2-3,6H,4-5,7H2,1H3;2H2,1H3. The van der Waals surface area contributed by atoms with E-state index in [0.29, 0.717) is 0 Å². The van der Waals surface area contributed by atoms with Gasteiger partial charge in [0.05, 0.1) is 0 Å². The molecular formula is C11H17FN2. The van der Waals surface area contributed by atoms with Gasteiger partial charge in [0.15, 0.2) is 0 Å². The highest BCUT2D eigenvalue weighted by molar-refractivity contribution is 5.29. The molecule has 0 atom stereocenters. The maximum Gasteiger partial charge on any atom is 0.123 e. The van der Waals surface area contributed by atoms with E-state index in [1.165, 1.54) is 12.6 Å². The Morgan fingerprint density at radius 1 is 1.29 bits per heavy atom. The van der Waals surface area contributed by atoms with Gasteiger partial charge in [-0.2, -0.15) is 0 Å². The van der Waals surface area contributed by atoms with E-state index in [0.717, 1.165) is 25.1 Å². The van der Waals surface area contributed by atoms with Crippen LogP contribution in [0.3, 0.4) is 0 Å². The van der Waals surface area contributed by atoms with Gasteiger partial charge in [0, 0.05) is 13.1 Å². The molecule has 3 heteroatoms. The minimum atomic E-state index is -0.121. The lowest BCUT2D eigenvalue weighted by Gasteiger charge is -2.24. The number of hydrogen-bond donors (Lipinski definition) is 1. The van der Waals surface area contributed by atoms with Gasteiger partial charge in [-0.1, -0.05) is 6.07 Å². The molecule has 0 unspecified atom stereocenters. The average molecular weight is 196 g/mol. The summed E-state index contributed by atoms with van der Waals surface area (Å²) in [4.78, 5) is 2.21. The highest BCUT2D eigenvalue weighted by Gasteiger charge is 2.12. The van der Waals surface area contributed by atoms with Crippen molar-refractivity contribution in [3.63, 3.8) is 0 Å². The number of halogens is 1. The highest BCUT2D eigenvalue weighted by atomic mass is 19.1. The lowest BCUT2D eigenvalue weighted by Crippen LogP contribution is -2.26. The lowest BCUT2D eigenvalue weighted by molar-refractivity contribution is 0.312. The number of rotatable bonds is 0. The largest absolute Gasteiger partial charge is 0.333 e. The second-order valence-corrected chi connectivity index (χ2v) is 3.40. The van der Waals surface area contributed by atoms with Gasteiger partial charge in [-0.25, -0.2) is 4.39 Å². The van der Waals surface area contributed by atoms with Gasteiger partial charge in [0.25, 0.3) is 0 Å². The van der Waals surface area contributed by atoms with Crippen molar-refractivity contribution in [3.05, 3.63) is 35.1 Å². The SMILES string of the molecule is CN.CN1CCc2ccc(F)cc2C1. The van der Waals surface area contributed by atoms with Gasteiger partial charge in [-0.3, -0.25) is 0 Å². The van der Waals surface area contributed by atoms with Gasteiger partial charge in [-0.05, 0) is 43.8 Å². The molecule has 2 nitrogen and oxygen atoms in total. The Labute approximate surface area is 84.5 Å². The molecule has 78 valence electrons. The van der Waals surface area contributed by atoms with Crippen LogP contribution in [0.1, 0.15) is 11.1 Å². The summed E-state index contributed by atoms with van der Waals surface area (Å²) in [7, 11) is 3.56. The van der Waals surface area contributed by atoms with Crippen molar-refractivity contribution in [1.29, 1.82) is 0 Å². The number of likely N-dealkylation sites (N-methyl/N-ethyl adjacent to an activating group) is 1. The normalized spacial score (nSPS) is 15.4. The fraction of sp³-hybridized carbons (Fsp3) is 0.455. The number of hydrogen-bond acceptors (Lipinski definition) is 2. The molecule has 0 radical (unpaired) electrons. The molecule has 1 aliphatic rings. The van der Waals surface area contributed by atoms with Crippen LogP contribution in [0.2, 0.25) is 0 Å². The van der Waals surface area contributed by atoms with Crippen molar-refractivity contribution < 1.29 is 4.39 Å². The van der Waals surface area contributed by atoms with Crippen LogP contribution in [-0.4, -0.2) is 25.5 Å². The van der Waals surface area contributed by atoms with Crippen LogP contribution < -0.4 is 5.73 Å². The predicted octanol–water partition coefficient (Wildman–Crippen LogP) is 1.39. The summed E-state index contributed by atoms with van der Waals surface area (Å²) in [6.45, 7) is 1.96. The van der Waals surface area contributed by atoms with Crippen molar-refractivity contribution in [2.75, 3.05) is 20.6 Å². The van der Waals surface area contributed by atoms with E-state index >= 15 is 0 Å². The van der Waals surface area contributed by atoms with Crippen LogP contribution in [0, 0.1) is 5.82 Å². The van der Waals surface area contributed by atoms with E-state index < -0.39 is 0 Å². The first-order chi connectivity index (χ1) is 6.75. The topological polar surface area (TPSA) is 29.3 Å². The summed E-state index contributed by atoms with van der Waals surface area (Å²) < 4.78 is 12.8. The van der Waals surface area contributed by atoms with Crippen LogP contribution in [0.4, 0.5) is 4.39 Å². The molecule has 0 aromatic heterocycles. The zero-order valence-corrected chi connectivity index (χ0v) is 8.76. The van der Waals surface area contributed by atoms with Crippen LogP contribution >= 0.6 is 0 Å². The number of benzene rings is 1. The number of fused-ring (bicyclic) bond motifs is 1. The third-order valence-electron chi connectivity index (χ3n) is 2.37. The summed E-state index contributed by atoms with van der Waals surface area (Å²) in [6.07, 6.45) is 1.05. The molecule has 1 aromatic rings. The predicted molar refractivity (Wildman–Crippen MR) is 56.5 cm³/mol. The van der Waals surface area contributed by atoms with Crippen LogP contribution in [0.5, 0.6) is 0 Å². The zero-order valence-electron chi connectivity index (χ0n) is 8.76. The van der Waals surface area contributed by atoms with Gasteiger partial charge >= 0.3 is 0 Å². The molecular weight excluding hydrogens is 179 g/mol. The second kappa shape index (κ2) is 5.08. The number of nitrogens with zero attached hydrogens (tertiary/aromatic N) is 1. The first-order valence-corrected chi connectivity index (χ1v) is 4.79. The van der Waals surface area contributed by atoms with E-state index in [4.69, 9.17) is 0 Å². The van der Waals surface area contributed by atoms with Gasteiger partial charge in [0.1, 0.15) is 5.82 Å². The monoisotopic (exact) mass is 196 g/mol. The lowest BCUT2D eigenvalue weighted by atomic mass is 10.0. The summed E-state index contributed by atoms with van der Waals surface area (Å²) in [6, 6.07) is 5.09. The molecule has 0 fully saturated rings. The maximum atomic E-state index is 12.8. The van der Waals surface area contributed by atoms with Crippen molar-refractivity contribution in [3.8, 4) is 0 Å². The fourth-order valence-corrected chi connectivity index (χ4v) is 1.67. The third-order valence-corrected chi connectivity index (χ3v) is 2.37. The van der Waals surface area contributed by atoms with Crippen molar-refractivity contribution in [2.24, 2.45) is 5.73 Å². The smallest absolute Gasteiger partial charge is 0.123 e. The highest BCUT2D eigenvalue weighted by Crippen LogP contribution is 2.18. The fourth-order valence-electron chi connectivity index (χ4n) is 1.67. The Morgan fingerprint density at radius 2 is 2.00 bits per heavy atom. The van der Waals surface area contributed by atoms with Crippen LogP contribution in [-0.2, 0) is 13.0 Å². The first-order valence-electron chi connectivity index (χ1n) is 4.79. The Bertz CT molecular complexity index is 299. The van der Waals surface area contributed by atoms with Crippen LogP contribution in [0.15, 0.2) is 18.2 Å². The molecule has 2 N–H and O–H groups in total. The maximum absolute atomic E-state index is 12.8. The summed E-state index contributed by atoms with van der Waals surface area (Å²) in [5.74, 6) is -0.121. The molecule has 2 rings (SSSR count). The molecule has 0 bridgehead atoms. The summed E-state index contributed by atoms with van der Waals surface area (Å²) >= 11 is 0. The summed E-state index contributed by atoms with van der Waals surface area (Å²) in [5.41, 5.74) is 6.94. The molecule has 0 saturated carbocycles. The Hall–Kier alpha value is -0.930. The molecule has 1 heterocycles. The van der Waals surface area contributed by atoms with E-state index in [2.05, 4.69) is 17.7 Å². The Morgan fingerprint density at radius 3 is 2.71 bits per heavy atom. The van der Waals surface area contributed by atoms with Gasteiger partial charge in [0.2, 0.25) is 0 Å². The summed E-state index contributed by atoms with van der Waals surface area (Å²) in [5, 5.41) is 0. The van der Waals surface area contributed by atoms with Gasteiger partial charge in [-0.15, -0.1) is 0 Å². The van der Waals surface area contributed by atoms with E-state index in [1.807, 2.05) is 6.07 Å². The minimum absolute atomic E-state index is 0.121. The van der Waals surface area contributed by atoms with Gasteiger partial charge < -0.3 is 10.6 Å². The minimum Gasteiger partial charge on any atom is -0.333 e. The van der Waals surface area contributed by atoms with E-state index in [1.54, 1.807) is 12.1 Å². The molecule has 14 heavy (non-hydrogen) atoms. The molecule has 0 saturated heterocycles. The molecule has 1 aliphatic heterocycles. The van der Waals surface area contributed by atoms with Crippen molar-refractivity contribution in [2.45, 2.75) is 13.0 Å². The van der Waals surface area contributed by atoms with E-state index in [-0.39, 0.29) is 5.82 Å². The van der Waals surface area contributed by atoms with Crippen molar-refractivity contribution >= 4 is 0 Å². The van der Waals surface area contributed by atoms with Crippen molar-refractivity contribution in [1.82, 2.24) is 4.90 Å². The van der Waals surface area contributed by atoms with E-state index in [9.17, 15) is 4.39 Å². The molecule has 0 amide bonds. The zero-order chi connectivity index (χ0) is 10.6. The third kappa shape index (κ3) is 2.53. The quantitative estimate of drug-likeness (QED) is 0.679. The Kier molecular flexibility index (Phi) is 4.04. The average Bonchev–Trinajstić information content (AvgIpc) is 2.20. The molecule has 1 aromatic carbocycles. The molecule has 0 aliphatic carbocycles. The first kappa shape index (κ1) is 11.1. The van der Waals surface area contributed by atoms with Crippen LogP contribution in [0.25, 0.3) is 0 Å². The second-order valence-electron chi connectivity index (χ2n) is 3.40. The Balaban J connectivity index is 0.000000461. The number of nitrogens with two attached hydrogens (primary N) is 1. The molecule has 0 spiro atoms.